The van der Waals surface area contributed by atoms with E-state index in [1.165, 1.54) is 5.69 Å². The maximum atomic E-state index is 8.76. The third-order valence-corrected chi connectivity index (χ3v) is 2.66. The van der Waals surface area contributed by atoms with Crippen LogP contribution in [-0.4, -0.2) is 44.6 Å². The highest BCUT2D eigenvalue weighted by Crippen LogP contribution is 2.20. The van der Waals surface area contributed by atoms with E-state index in [1.807, 2.05) is 12.1 Å². The molecule has 2 N–H and O–H groups in total. The van der Waals surface area contributed by atoms with Gasteiger partial charge in [0.05, 0.1) is 19.8 Å². The second-order valence-electron chi connectivity index (χ2n) is 3.80. The van der Waals surface area contributed by atoms with Crippen LogP contribution < -0.4 is 10.2 Å². The van der Waals surface area contributed by atoms with E-state index in [0.29, 0.717) is 6.54 Å². The Hall–Kier alpha value is -0.680. The average molecular weight is 295 g/mol. The average Bonchev–Trinajstić information content (AvgIpc) is 2.38. The van der Waals surface area contributed by atoms with Gasteiger partial charge in [0.15, 0.2) is 0 Å². The zero-order valence-corrected chi connectivity index (χ0v) is 11.8. The van der Waals surface area contributed by atoms with Crippen LogP contribution in [0.1, 0.15) is 0 Å². The first-order valence-electron chi connectivity index (χ1n) is 5.67. The van der Waals surface area contributed by atoms with Crippen LogP contribution in [0.4, 0.5) is 11.4 Å². The highest BCUT2D eigenvalue weighted by molar-refractivity contribution is 5.85. The Morgan fingerprint density at radius 2 is 1.94 bits per heavy atom. The fraction of sp³-hybridized carbons (Fsp3) is 0.500. The zero-order valence-electron chi connectivity index (χ0n) is 10.2. The Morgan fingerprint density at radius 1 is 1.22 bits per heavy atom. The van der Waals surface area contributed by atoms with Crippen LogP contribution in [0, 0.1) is 0 Å². The number of hydrogen-bond donors (Lipinski definition) is 2. The second kappa shape index (κ2) is 9.28. The lowest BCUT2D eigenvalue weighted by Gasteiger charge is -2.29. The molecule has 0 amide bonds. The molecule has 0 saturated carbocycles. The molecule has 6 heteroatoms. The summed E-state index contributed by atoms with van der Waals surface area (Å²) in [5.41, 5.74) is 2.27. The Labute approximate surface area is 120 Å². The monoisotopic (exact) mass is 294 g/mol. The maximum Gasteiger partial charge on any atom is 0.0642 e. The molecule has 1 saturated heterocycles. The largest absolute Gasteiger partial charge is 0.395 e. The minimum Gasteiger partial charge on any atom is -0.395 e. The molecule has 0 spiro atoms. The van der Waals surface area contributed by atoms with Gasteiger partial charge in [0.1, 0.15) is 0 Å². The Bertz CT molecular complexity index is 334. The minimum atomic E-state index is 0. The van der Waals surface area contributed by atoms with E-state index < -0.39 is 0 Å². The number of rotatable bonds is 4. The predicted molar refractivity (Wildman–Crippen MR) is 79.5 cm³/mol. The molecule has 18 heavy (non-hydrogen) atoms. The normalized spacial score (nSPS) is 14.4. The van der Waals surface area contributed by atoms with Gasteiger partial charge in [0.2, 0.25) is 0 Å². The first-order chi connectivity index (χ1) is 7.90. The van der Waals surface area contributed by atoms with Crippen LogP contribution in [0.25, 0.3) is 0 Å². The van der Waals surface area contributed by atoms with Crippen molar-refractivity contribution < 1.29 is 9.84 Å². The molecule has 104 valence electrons. The Kier molecular flexibility index (Phi) is 8.93. The summed E-state index contributed by atoms with van der Waals surface area (Å²) in [5.74, 6) is 0. The van der Waals surface area contributed by atoms with Crippen LogP contribution in [-0.2, 0) is 4.74 Å². The van der Waals surface area contributed by atoms with Crippen molar-refractivity contribution in [1.82, 2.24) is 0 Å². The van der Waals surface area contributed by atoms with Gasteiger partial charge in [0, 0.05) is 31.0 Å². The topological polar surface area (TPSA) is 44.7 Å². The fourth-order valence-corrected chi connectivity index (χ4v) is 1.83. The molecule has 1 aliphatic heterocycles. The number of aliphatic hydroxyl groups excluding tert-OH is 1. The summed E-state index contributed by atoms with van der Waals surface area (Å²) in [6, 6.07) is 8.26. The molecule has 0 bridgehead atoms. The molecule has 0 aromatic heterocycles. The summed E-state index contributed by atoms with van der Waals surface area (Å²) in [7, 11) is 0. The summed E-state index contributed by atoms with van der Waals surface area (Å²) in [6.07, 6.45) is 0. The lowest BCUT2D eigenvalue weighted by molar-refractivity contribution is 0.122. The van der Waals surface area contributed by atoms with Crippen LogP contribution >= 0.6 is 24.8 Å². The first kappa shape index (κ1) is 17.3. The molecule has 1 aromatic rings. The van der Waals surface area contributed by atoms with Crippen LogP contribution in [0.3, 0.4) is 0 Å². The number of anilines is 2. The molecule has 1 aliphatic rings. The lowest BCUT2D eigenvalue weighted by atomic mass is 10.2. The number of benzene rings is 1. The highest BCUT2D eigenvalue weighted by Gasteiger charge is 2.10. The van der Waals surface area contributed by atoms with Crippen LogP contribution in [0.2, 0.25) is 0 Å². The number of nitrogens with zero attached hydrogens (tertiary/aromatic N) is 1. The van der Waals surface area contributed by atoms with E-state index in [4.69, 9.17) is 9.84 Å². The predicted octanol–water partition coefficient (Wildman–Crippen LogP) is 1.77. The number of aliphatic hydroxyl groups is 1. The second-order valence-corrected chi connectivity index (χ2v) is 3.80. The van der Waals surface area contributed by atoms with E-state index in [-0.39, 0.29) is 31.4 Å². The summed E-state index contributed by atoms with van der Waals surface area (Å²) in [5, 5.41) is 11.9. The van der Waals surface area contributed by atoms with Crippen LogP contribution in [0.5, 0.6) is 0 Å². The maximum absolute atomic E-state index is 8.76. The molecule has 2 rings (SSSR count). The van der Waals surface area contributed by atoms with Gasteiger partial charge in [-0.05, 0) is 18.2 Å². The molecule has 1 aromatic carbocycles. The fourth-order valence-electron chi connectivity index (χ4n) is 1.83. The van der Waals surface area contributed by atoms with E-state index in [0.717, 1.165) is 32.0 Å². The molecular formula is C12H20Cl2N2O2. The third kappa shape index (κ3) is 4.90. The SMILES string of the molecule is Cl.Cl.OCCNc1cccc(N2CCOCC2)c1. The molecule has 0 aliphatic carbocycles. The van der Waals surface area contributed by atoms with E-state index in [9.17, 15) is 0 Å². The first-order valence-corrected chi connectivity index (χ1v) is 5.67. The molecule has 1 heterocycles. The zero-order chi connectivity index (χ0) is 11.2. The summed E-state index contributed by atoms with van der Waals surface area (Å²) >= 11 is 0. The molecule has 0 unspecified atom stereocenters. The molecule has 1 fully saturated rings. The molecule has 4 nitrogen and oxygen atoms in total. The quantitative estimate of drug-likeness (QED) is 0.888. The van der Waals surface area contributed by atoms with E-state index >= 15 is 0 Å². The van der Waals surface area contributed by atoms with Crippen molar-refractivity contribution in [3.63, 3.8) is 0 Å². The molecule has 0 radical (unpaired) electrons. The highest BCUT2D eigenvalue weighted by atomic mass is 35.5. The number of morpholine rings is 1. The minimum absolute atomic E-state index is 0. The van der Waals surface area contributed by atoms with E-state index in [1.54, 1.807) is 0 Å². The summed E-state index contributed by atoms with van der Waals surface area (Å²) < 4.78 is 5.33. The summed E-state index contributed by atoms with van der Waals surface area (Å²) in [6.45, 7) is 4.24. The van der Waals surface area contributed by atoms with Gasteiger partial charge < -0.3 is 20.1 Å². The van der Waals surface area contributed by atoms with Gasteiger partial charge >= 0.3 is 0 Å². The van der Waals surface area contributed by atoms with E-state index in [2.05, 4.69) is 22.3 Å². The molecular weight excluding hydrogens is 275 g/mol. The smallest absolute Gasteiger partial charge is 0.0642 e. The number of nitrogens with one attached hydrogen (secondary N) is 1. The van der Waals surface area contributed by atoms with Crippen molar-refractivity contribution in [3.8, 4) is 0 Å². The van der Waals surface area contributed by atoms with Crippen molar-refractivity contribution in [1.29, 1.82) is 0 Å². The van der Waals surface area contributed by atoms with Crippen molar-refractivity contribution in [2.24, 2.45) is 0 Å². The van der Waals surface area contributed by atoms with Crippen molar-refractivity contribution in [3.05, 3.63) is 24.3 Å². The van der Waals surface area contributed by atoms with Crippen molar-refractivity contribution >= 4 is 36.2 Å². The summed E-state index contributed by atoms with van der Waals surface area (Å²) in [4.78, 5) is 2.31. The van der Waals surface area contributed by atoms with Gasteiger partial charge in [0.25, 0.3) is 0 Å². The molecule has 0 atom stereocenters. The van der Waals surface area contributed by atoms with Gasteiger partial charge in [-0.2, -0.15) is 0 Å². The number of ether oxygens (including phenoxy) is 1. The van der Waals surface area contributed by atoms with Gasteiger partial charge in [-0.1, -0.05) is 6.07 Å². The van der Waals surface area contributed by atoms with Gasteiger partial charge in [-0.3, -0.25) is 0 Å². The van der Waals surface area contributed by atoms with Gasteiger partial charge in [-0.15, -0.1) is 24.8 Å². The Morgan fingerprint density at radius 3 is 2.61 bits per heavy atom. The van der Waals surface area contributed by atoms with Crippen molar-refractivity contribution in [2.75, 3.05) is 49.7 Å². The lowest BCUT2D eigenvalue weighted by Crippen LogP contribution is -2.36. The van der Waals surface area contributed by atoms with Crippen molar-refractivity contribution in [2.45, 2.75) is 0 Å². The van der Waals surface area contributed by atoms with Crippen LogP contribution in [0.15, 0.2) is 24.3 Å². The third-order valence-electron chi connectivity index (χ3n) is 2.66. The number of hydrogen-bond acceptors (Lipinski definition) is 4. The number of halogens is 2. The van der Waals surface area contributed by atoms with Gasteiger partial charge in [-0.25, -0.2) is 0 Å². The standard InChI is InChI=1S/C12H18N2O2.2ClH/c15-7-4-13-11-2-1-3-12(10-11)14-5-8-16-9-6-14;;/h1-3,10,13,15H,4-9H2;2*1H. The Balaban J connectivity index is 0.00000144.